The Balaban J connectivity index is 3.25. The molecular weight excluding hydrogens is 234 g/mol. The van der Waals surface area contributed by atoms with E-state index >= 15 is 0 Å². The minimum absolute atomic E-state index is 0.122. The molecule has 1 aromatic rings. The lowest BCUT2D eigenvalue weighted by Gasteiger charge is -2.18. The van der Waals surface area contributed by atoms with Crippen LogP contribution in [-0.2, 0) is 11.2 Å². The van der Waals surface area contributed by atoms with Gasteiger partial charge in [0, 0.05) is 12.1 Å². The maximum Gasteiger partial charge on any atom is 0.305 e. The highest BCUT2D eigenvalue weighted by atomic mass is 16.5. The maximum atomic E-state index is 10.7. The second-order valence-corrected chi connectivity index (χ2v) is 3.96. The van der Waals surface area contributed by atoms with E-state index in [1.165, 1.54) is 0 Å². The molecule has 18 heavy (non-hydrogen) atoms. The number of hydrogen-bond donors (Lipinski definition) is 2. The van der Waals surface area contributed by atoms with Crippen molar-refractivity contribution in [3.63, 3.8) is 0 Å². The van der Waals surface area contributed by atoms with Crippen LogP contribution in [0.3, 0.4) is 0 Å². The lowest BCUT2D eigenvalue weighted by atomic mass is 9.95. The number of benzene rings is 1. The highest BCUT2D eigenvalue weighted by molar-refractivity contribution is 5.68. The van der Waals surface area contributed by atoms with Gasteiger partial charge in [0.1, 0.15) is 11.5 Å². The zero-order chi connectivity index (χ0) is 13.7. The molecule has 0 bridgehead atoms. The van der Waals surface area contributed by atoms with Crippen LogP contribution >= 0.6 is 0 Å². The third kappa shape index (κ3) is 3.13. The fourth-order valence-electron chi connectivity index (χ4n) is 1.95. The zero-order valence-electron chi connectivity index (χ0n) is 10.9. The van der Waals surface area contributed by atoms with Crippen LogP contribution in [0.1, 0.15) is 30.5 Å². The average molecular weight is 253 g/mol. The smallest absolute Gasteiger partial charge is 0.305 e. The van der Waals surface area contributed by atoms with Crippen LogP contribution in [0, 0.1) is 0 Å². The first-order valence-corrected chi connectivity index (χ1v) is 5.75. The van der Waals surface area contributed by atoms with Crippen molar-refractivity contribution in [3.8, 4) is 11.5 Å². The molecule has 0 saturated carbocycles. The van der Waals surface area contributed by atoms with Gasteiger partial charge >= 0.3 is 5.97 Å². The van der Waals surface area contributed by atoms with Crippen molar-refractivity contribution in [1.82, 2.24) is 0 Å². The summed E-state index contributed by atoms with van der Waals surface area (Å²) in [6.07, 6.45) is 0.596. The topological polar surface area (TPSA) is 81.8 Å². The molecule has 1 aromatic carbocycles. The van der Waals surface area contributed by atoms with Crippen molar-refractivity contribution in [3.05, 3.63) is 23.3 Å². The zero-order valence-corrected chi connectivity index (χ0v) is 10.9. The van der Waals surface area contributed by atoms with Crippen molar-refractivity contribution >= 4 is 5.97 Å². The molecule has 0 aromatic heterocycles. The molecular formula is C13H19NO4. The average Bonchev–Trinajstić information content (AvgIpc) is 2.35. The van der Waals surface area contributed by atoms with Gasteiger partial charge in [-0.25, -0.2) is 0 Å². The fraction of sp³-hybridized carbons (Fsp3) is 0.462. The minimum Gasteiger partial charge on any atom is -0.497 e. The van der Waals surface area contributed by atoms with Gasteiger partial charge in [0.2, 0.25) is 0 Å². The molecule has 1 rings (SSSR count). The first-order valence-electron chi connectivity index (χ1n) is 5.75. The first-order chi connectivity index (χ1) is 8.53. The predicted molar refractivity (Wildman–Crippen MR) is 68.1 cm³/mol. The molecule has 0 aliphatic carbocycles. The Hall–Kier alpha value is -1.75. The Morgan fingerprint density at radius 3 is 2.50 bits per heavy atom. The summed E-state index contributed by atoms with van der Waals surface area (Å²) in [7, 11) is 3.12. The largest absolute Gasteiger partial charge is 0.497 e. The Bertz CT molecular complexity index is 431. The van der Waals surface area contributed by atoms with Gasteiger partial charge < -0.3 is 20.3 Å². The summed E-state index contributed by atoms with van der Waals surface area (Å²) >= 11 is 0. The summed E-state index contributed by atoms with van der Waals surface area (Å²) in [5, 5.41) is 8.82. The van der Waals surface area contributed by atoms with E-state index in [-0.39, 0.29) is 6.42 Å². The monoisotopic (exact) mass is 253 g/mol. The minimum atomic E-state index is -0.925. The van der Waals surface area contributed by atoms with Crippen LogP contribution in [0.4, 0.5) is 0 Å². The van der Waals surface area contributed by atoms with E-state index in [9.17, 15) is 4.79 Å². The highest BCUT2D eigenvalue weighted by Gasteiger charge is 2.18. The number of carboxylic acids is 1. The van der Waals surface area contributed by atoms with Crippen molar-refractivity contribution < 1.29 is 19.4 Å². The van der Waals surface area contributed by atoms with Gasteiger partial charge in [-0.2, -0.15) is 0 Å². The standard InChI is InChI=1S/C13H19NO4/c1-4-9-10(11(14)7-13(15)16)5-8(17-2)6-12(9)18-3/h5-6,11H,4,7,14H2,1-3H3,(H,15,16). The van der Waals surface area contributed by atoms with E-state index < -0.39 is 12.0 Å². The van der Waals surface area contributed by atoms with E-state index in [0.717, 1.165) is 17.5 Å². The van der Waals surface area contributed by atoms with Gasteiger partial charge in [0.25, 0.3) is 0 Å². The summed E-state index contributed by atoms with van der Waals surface area (Å²) in [5.41, 5.74) is 7.61. The molecule has 0 spiro atoms. The lowest BCUT2D eigenvalue weighted by molar-refractivity contribution is -0.137. The molecule has 100 valence electrons. The molecule has 3 N–H and O–H groups in total. The van der Waals surface area contributed by atoms with Crippen molar-refractivity contribution in [2.45, 2.75) is 25.8 Å². The number of nitrogens with two attached hydrogens (primary N) is 1. The van der Waals surface area contributed by atoms with Crippen molar-refractivity contribution in [1.29, 1.82) is 0 Å². The van der Waals surface area contributed by atoms with Crippen LogP contribution in [0.25, 0.3) is 0 Å². The molecule has 0 saturated heterocycles. The van der Waals surface area contributed by atoms with Crippen LogP contribution < -0.4 is 15.2 Å². The summed E-state index contributed by atoms with van der Waals surface area (Å²) in [5.74, 6) is 0.360. The molecule has 5 heteroatoms. The molecule has 0 radical (unpaired) electrons. The predicted octanol–water partition coefficient (Wildman–Crippen LogP) is 1.74. The maximum absolute atomic E-state index is 10.7. The molecule has 1 atom stereocenters. The Morgan fingerprint density at radius 1 is 1.39 bits per heavy atom. The van der Waals surface area contributed by atoms with E-state index in [2.05, 4.69) is 0 Å². The summed E-state index contributed by atoms with van der Waals surface area (Å²) in [4.78, 5) is 10.7. The molecule has 1 unspecified atom stereocenters. The summed E-state index contributed by atoms with van der Waals surface area (Å²) in [6, 6.07) is 2.98. The molecule has 0 amide bonds. The second kappa shape index (κ2) is 6.26. The van der Waals surface area contributed by atoms with Gasteiger partial charge in [0.15, 0.2) is 0 Å². The Labute approximate surface area is 107 Å². The van der Waals surface area contributed by atoms with Crippen molar-refractivity contribution in [2.24, 2.45) is 5.73 Å². The second-order valence-electron chi connectivity index (χ2n) is 3.96. The van der Waals surface area contributed by atoms with Gasteiger partial charge in [-0.3, -0.25) is 4.79 Å². The van der Waals surface area contributed by atoms with Gasteiger partial charge in [0.05, 0.1) is 20.6 Å². The van der Waals surface area contributed by atoms with E-state index in [1.54, 1.807) is 26.4 Å². The number of rotatable bonds is 6. The normalized spacial score (nSPS) is 12.0. The molecule has 0 heterocycles. The lowest BCUT2D eigenvalue weighted by Crippen LogP contribution is -2.17. The Morgan fingerprint density at radius 2 is 2.06 bits per heavy atom. The van der Waals surface area contributed by atoms with Crippen molar-refractivity contribution in [2.75, 3.05) is 14.2 Å². The van der Waals surface area contributed by atoms with E-state index in [1.807, 2.05) is 6.92 Å². The number of methoxy groups -OCH3 is 2. The van der Waals surface area contributed by atoms with Gasteiger partial charge in [-0.15, -0.1) is 0 Å². The molecule has 5 nitrogen and oxygen atoms in total. The Kier molecular flexibility index (Phi) is 4.97. The van der Waals surface area contributed by atoms with Crippen LogP contribution in [-0.4, -0.2) is 25.3 Å². The van der Waals surface area contributed by atoms with E-state index in [0.29, 0.717) is 11.5 Å². The van der Waals surface area contributed by atoms with Gasteiger partial charge in [-0.1, -0.05) is 6.92 Å². The number of hydrogen-bond acceptors (Lipinski definition) is 4. The van der Waals surface area contributed by atoms with E-state index in [4.69, 9.17) is 20.3 Å². The first kappa shape index (κ1) is 14.3. The number of carbonyl (C=O) groups is 1. The van der Waals surface area contributed by atoms with Gasteiger partial charge in [-0.05, 0) is 23.6 Å². The summed E-state index contributed by atoms with van der Waals surface area (Å²) < 4.78 is 10.5. The van der Waals surface area contributed by atoms with Crippen LogP contribution in [0.2, 0.25) is 0 Å². The molecule has 0 fully saturated rings. The third-order valence-corrected chi connectivity index (χ3v) is 2.82. The number of ether oxygens (including phenoxy) is 2. The molecule has 0 aliphatic heterocycles. The quantitative estimate of drug-likeness (QED) is 0.807. The van der Waals surface area contributed by atoms with Crippen LogP contribution in [0.15, 0.2) is 12.1 Å². The number of carboxylic acid groups (broad SMARTS) is 1. The highest BCUT2D eigenvalue weighted by Crippen LogP contribution is 2.33. The number of aliphatic carboxylic acids is 1. The fourth-order valence-corrected chi connectivity index (χ4v) is 1.95. The SMILES string of the molecule is CCc1c(OC)cc(OC)cc1C(N)CC(=O)O. The molecule has 0 aliphatic rings. The van der Waals surface area contributed by atoms with Crippen LogP contribution in [0.5, 0.6) is 11.5 Å². The summed E-state index contributed by atoms with van der Waals surface area (Å²) in [6.45, 7) is 1.97. The third-order valence-electron chi connectivity index (χ3n) is 2.82.